The summed E-state index contributed by atoms with van der Waals surface area (Å²) in [5, 5.41) is 0. The van der Waals surface area contributed by atoms with E-state index >= 15 is 0 Å². The number of hydrogen-bond acceptors (Lipinski definition) is 3. The van der Waals surface area contributed by atoms with E-state index < -0.39 is 0 Å². The molecule has 1 saturated heterocycles. The van der Waals surface area contributed by atoms with Crippen LogP contribution in [0.25, 0.3) is 0 Å². The number of hydrogen-bond donors (Lipinski definition) is 1. The van der Waals surface area contributed by atoms with Gasteiger partial charge in [-0.3, -0.25) is 0 Å². The van der Waals surface area contributed by atoms with Crippen molar-refractivity contribution in [1.29, 1.82) is 0 Å². The van der Waals surface area contributed by atoms with Gasteiger partial charge < -0.3 is 15.4 Å². The molecular formula is C16H32N2O. The molecule has 2 rings (SSSR count). The second kappa shape index (κ2) is 6.11. The number of likely N-dealkylation sites (tertiary alicyclic amines) is 1. The summed E-state index contributed by atoms with van der Waals surface area (Å²) in [7, 11) is 0. The predicted molar refractivity (Wildman–Crippen MR) is 80.3 cm³/mol. The first-order valence-electron chi connectivity index (χ1n) is 8.12. The molecule has 0 aromatic rings. The van der Waals surface area contributed by atoms with Crippen LogP contribution in [0.5, 0.6) is 0 Å². The SMILES string of the molecule is CCOC1CC(N)(CN2CCCCCCC2)C1(C)C. The Morgan fingerprint density at radius 3 is 2.21 bits per heavy atom. The van der Waals surface area contributed by atoms with Crippen molar-refractivity contribution in [2.75, 3.05) is 26.2 Å². The monoisotopic (exact) mass is 268 g/mol. The Hall–Kier alpha value is -0.120. The van der Waals surface area contributed by atoms with Crippen LogP contribution in [0, 0.1) is 5.41 Å². The van der Waals surface area contributed by atoms with Crippen LogP contribution in [-0.2, 0) is 4.74 Å². The van der Waals surface area contributed by atoms with E-state index in [1.165, 1.54) is 45.2 Å². The van der Waals surface area contributed by atoms with Gasteiger partial charge in [-0.05, 0) is 39.3 Å². The van der Waals surface area contributed by atoms with Gasteiger partial charge in [0.1, 0.15) is 0 Å². The van der Waals surface area contributed by atoms with Gasteiger partial charge in [-0.1, -0.05) is 33.1 Å². The van der Waals surface area contributed by atoms with Gasteiger partial charge in [0.05, 0.1) is 6.10 Å². The zero-order valence-electron chi connectivity index (χ0n) is 13.1. The third kappa shape index (κ3) is 3.14. The molecule has 0 amide bonds. The number of rotatable bonds is 4. The van der Waals surface area contributed by atoms with E-state index in [4.69, 9.17) is 10.5 Å². The molecule has 3 heteroatoms. The highest BCUT2D eigenvalue weighted by molar-refractivity contribution is 5.14. The van der Waals surface area contributed by atoms with E-state index in [-0.39, 0.29) is 11.0 Å². The fourth-order valence-electron chi connectivity index (χ4n) is 3.65. The Morgan fingerprint density at radius 2 is 1.68 bits per heavy atom. The Bertz CT molecular complexity index is 284. The number of nitrogens with two attached hydrogens (primary N) is 1. The maximum atomic E-state index is 6.70. The Kier molecular flexibility index (Phi) is 4.91. The lowest BCUT2D eigenvalue weighted by Crippen LogP contribution is -2.73. The van der Waals surface area contributed by atoms with E-state index in [2.05, 4.69) is 25.7 Å². The van der Waals surface area contributed by atoms with Crippen LogP contribution in [0.4, 0.5) is 0 Å². The van der Waals surface area contributed by atoms with Gasteiger partial charge in [-0.15, -0.1) is 0 Å². The van der Waals surface area contributed by atoms with Gasteiger partial charge in [0, 0.05) is 24.1 Å². The number of nitrogens with zero attached hydrogens (tertiary/aromatic N) is 1. The summed E-state index contributed by atoms with van der Waals surface area (Å²) in [6.07, 6.45) is 8.23. The highest BCUT2D eigenvalue weighted by Gasteiger charge is 2.58. The topological polar surface area (TPSA) is 38.5 Å². The lowest BCUT2D eigenvalue weighted by Gasteiger charge is -2.60. The van der Waals surface area contributed by atoms with E-state index in [1.807, 2.05) is 0 Å². The molecule has 0 aromatic heterocycles. The average Bonchev–Trinajstić information content (AvgIpc) is 2.32. The van der Waals surface area contributed by atoms with Crippen molar-refractivity contribution in [3.05, 3.63) is 0 Å². The summed E-state index contributed by atoms with van der Waals surface area (Å²) < 4.78 is 5.82. The fraction of sp³-hybridized carbons (Fsp3) is 1.00. The Labute approximate surface area is 118 Å². The molecule has 1 aliphatic heterocycles. The van der Waals surface area contributed by atoms with Gasteiger partial charge in [-0.2, -0.15) is 0 Å². The minimum Gasteiger partial charge on any atom is -0.378 e. The third-order valence-electron chi connectivity index (χ3n) is 5.46. The van der Waals surface area contributed by atoms with Gasteiger partial charge >= 0.3 is 0 Å². The molecule has 2 unspecified atom stereocenters. The fourth-order valence-corrected chi connectivity index (χ4v) is 3.65. The predicted octanol–water partition coefficient (Wildman–Crippen LogP) is 2.79. The highest BCUT2D eigenvalue weighted by atomic mass is 16.5. The minimum atomic E-state index is -0.0635. The third-order valence-corrected chi connectivity index (χ3v) is 5.46. The smallest absolute Gasteiger partial charge is 0.0662 e. The van der Waals surface area contributed by atoms with Crippen molar-refractivity contribution >= 4 is 0 Å². The molecule has 19 heavy (non-hydrogen) atoms. The van der Waals surface area contributed by atoms with Crippen LogP contribution in [0.1, 0.15) is 59.3 Å². The number of ether oxygens (including phenoxy) is 1. The van der Waals surface area contributed by atoms with Crippen LogP contribution < -0.4 is 5.73 Å². The first kappa shape index (κ1) is 15.3. The van der Waals surface area contributed by atoms with Crippen molar-refractivity contribution in [1.82, 2.24) is 4.90 Å². The lowest BCUT2D eigenvalue weighted by molar-refractivity contribution is -0.156. The van der Waals surface area contributed by atoms with Gasteiger partial charge in [0.2, 0.25) is 0 Å². The van der Waals surface area contributed by atoms with Gasteiger partial charge in [0.25, 0.3) is 0 Å². The molecule has 3 nitrogen and oxygen atoms in total. The summed E-state index contributed by atoms with van der Waals surface area (Å²) in [4.78, 5) is 2.60. The Morgan fingerprint density at radius 1 is 1.11 bits per heavy atom. The van der Waals surface area contributed by atoms with Crippen molar-refractivity contribution in [2.24, 2.45) is 11.1 Å². The zero-order chi connectivity index (χ0) is 13.9. The molecule has 0 aromatic carbocycles. The molecule has 0 spiro atoms. The maximum absolute atomic E-state index is 6.70. The zero-order valence-corrected chi connectivity index (χ0v) is 13.1. The molecule has 2 N–H and O–H groups in total. The van der Waals surface area contributed by atoms with Crippen molar-refractivity contribution < 1.29 is 4.74 Å². The molecule has 2 fully saturated rings. The van der Waals surface area contributed by atoms with E-state index in [0.717, 1.165) is 19.6 Å². The second-order valence-electron chi connectivity index (χ2n) is 7.07. The highest BCUT2D eigenvalue weighted by Crippen LogP contribution is 2.50. The van der Waals surface area contributed by atoms with Crippen LogP contribution >= 0.6 is 0 Å². The maximum Gasteiger partial charge on any atom is 0.0662 e. The summed E-state index contributed by atoms with van der Waals surface area (Å²) in [5.74, 6) is 0. The summed E-state index contributed by atoms with van der Waals surface area (Å²) in [6.45, 7) is 10.9. The van der Waals surface area contributed by atoms with E-state index in [1.54, 1.807) is 0 Å². The van der Waals surface area contributed by atoms with E-state index in [9.17, 15) is 0 Å². The minimum absolute atomic E-state index is 0.0635. The second-order valence-corrected chi connectivity index (χ2v) is 7.07. The molecule has 1 heterocycles. The van der Waals surface area contributed by atoms with Crippen LogP contribution in [0.15, 0.2) is 0 Å². The van der Waals surface area contributed by atoms with Crippen molar-refractivity contribution in [2.45, 2.75) is 70.9 Å². The van der Waals surface area contributed by atoms with E-state index in [0.29, 0.717) is 6.10 Å². The molecule has 1 aliphatic carbocycles. The first-order chi connectivity index (χ1) is 8.99. The Balaban J connectivity index is 1.90. The molecule has 2 atom stereocenters. The van der Waals surface area contributed by atoms with Crippen molar-refractivity contribution in [3.8, 4) is 0 Å². The van der Waals surface area contributed by atoms with Crippen LogP contribution in [-0.4, -0.2) is 42.8 Å². The quantitative estimate of drug-likeness (QED) is 0.852. The van der Waals surface area contributed by atoms with Crippen LogP contribution in [0.2, 0.25) is 0 Å². The molecule has 112 valence electrons. The lowest BCUT2D eigenvalue weighted by atomic mass is 9.54. The standard InChI is InChI=1S/C16H32N2O/c1-4-19-14-12-16(17,15(14,2)3)13-18-10-8-6-5-7-9-11-18/h14H,4-13,17H2,1-3H3. The van der Waals surface area contributed by atoms with Crippen LogP contribution in [0.3, 0.4) is 0 Å². The summed E-state index contributed by atoms with van der Waals surface area (Å²) in [5.41, 5.74) is 6.74. The van der Waals surface area contributed by atoms with Crippen molar-refractivity contribution in [3.63, 3.8) is 0 Å². The first-order valence-corrected chi connectivity index (χ1v) is 8.12. The summed E-state index contributed by atoms with van der Waals surface area (Å²) >= 11 is 0. The normalized spacial score (nSPS) is 36.3. The molecule has 0 radical (unpaired) electrons. The van der Waals surface area contributed by atoms with Gasteiger partial charge in [0.15, 0.2) is 0 Å². The van der Waals surface area contributed by atoms with Gasteiger partial charge in [-0.25, -0.2) is 0 Å². The summed E-state index contributed by atoms with van der Waals surface area (Å²) in [6, 6.07) is 0. The molecular weight excluding hydrogens is 236 g/mol. The largest absolute Gasteiger partial charge is 0.378 e. The molecule has 2 aliphatic rings. The molecule has 1 saturated carbocycles. The average molecular weight is 268 g/mol. The molecule has 0 bridgehead atoms.